The van der Waals surface area contributed by atoms with E-state index in [1.165, 1.54) is 16.8 Å². The molecule has 0 unspecified atom stereocenters. The molecule has 2 aliphatic carbocycles. The summed E-state index contributed by atoms with van der Waals surface area (Å²) in [5.74, 6) is 1.89. The Balaban J connectivity index is 0.000000158. The fourth-order valence-electron chi connectivity index (χ4n) is 8.15. The molecule has 10 rings (SSSR count). The van der Waals surface area contributed by atoms with E-state index in [2.05, 4.69) is 40.8 Å². The summed E-state index contributed by atoms with van der Waals surface area (Å²) in [6.07, 6.45) is 14.5. The standard InChI is InChI=1S/C23H26N6O3S.C19H17N5O3S/c1-28(8-9-31-2)23(30)14-4-5-16-19(10-14)33-22-20(16)21(24-13-25-22)27-17-11-15-6-7-26-29(15)12-18(17)32-3;1-27-14-8-24-11(4-5-22-24)7-13(14)23-17-16-12-3-2-10(19(25)26)6-15(12)28-18(16)21-9-20-17/h6-7,11-14H,4-5,8-10H2,1-3H3,(H,24,25,27);4-5,7-10H,2-3,6H2,1H3,(H,25,26)(H,20,21,23)/t14-;10-/m00/s1. The van der Waals surface area contributed by atoms with E-state index in [0.29, 0.717) is 49.7 Å². The van der Waals surface area contributed by atoms with Gasteiger partial charge in [0.1, 0.15) is 34.0 Å². The van der Waals surface area contributed by atoms with Crippen LogP contribution in [0, 0.1) is 11.8 Å². The topological polar surface area (TPSA) is 196 Å². The number of carboxylic acids is 1. The molecule has 1 amide bonds. The number of carboxylic acid groups (broad SMARTS) is 1. The number of nitrogens with one attached hydrogen (secondary N) is 2. The van der Waals surface area contributed by atoms with Gasteiger partial charge >= 0.3 is 5.97 Å². The summed E-state index contributed by atoms with van der Waals surface area (Å²) >= 11 is 3.22. The summed E-state index contributed by atoms with van der Waals surface area (Å²) in [7, 11) is 6.75. The van der Waals surface area contributed by atoms with Crippen molar-refractivity contribution in [1.82, 2.24) is 44.1 Å². The molecule has 3 N–H and O–H groups in total. The average molecular weight is 862 g/mol. The van der Waals surface area contributed by atoms with E-state index in [4.69, 9.17) is 14.2 Å². The molecule has 61 heavy (non-hydrogen) atoms. The van der Waals surface area contributed by atoms with Crippen LogP contribution in [-0.4, -0.2) is 103 Å². The van der Waals surface area contributed by atoms with Crippen molar-refractivity contribution in [2.75, 3.05) is 52.2 Å². The minimum absolute atomic E-state index is 0.0128. The van der Waals surface area contributed by atoms with Gasteiger partial charge < -0.3 is 34.9 Å². The number of hydrogen-bond donors (Lipinski definition) is 3. The molecule has 314 valence electrons. The van der Waals surface area contributed by atoms with Gasteiger partial charge in [-0.3, -0.25) is 9.59 Å². The number of ether oxygens (including phenoxy) is 3. The molecule has 0 aliphatic heterocycles. The van der Waals surface area contributed by atoms with Gasteiger partial charge in [-0.1, -0.05) is 0 Å². The van der Waals surface area contributed by atoms with Crippen molar-refractivity contribution >= 4 is 89.0 Å². The maximum absolute atomic E-state index is 12.9. The molecule has 0 bridgehead atoms. The van der Waals surface area contributed by atoms with Crippen LogP contribution in [0.25, 0.3) is 31.5 Å². The highest BCUT2D eigenvalue weighted by molar-refractivity contribution is 7.19. The van der Waals surface area contributed by atoms with Gasteiger partial charge in [-0.15, -0.1) is 22.7 Å². The van der Waals surface area contributed by atoms with E-state index < -0.39 is 5.97 Å². The summed E-state index contributed by atoms with van der Waals surface area (Å²) in [5, 5.41) is 26.7. The van der Waals surface area contributed by atoms with Crippen LogP contribution in [0.15, 0.2) is 61.7 Å². The Kier molecular flexibility index (Phi) is 11.1. The summed E-state index contributed by atoms with van der Waals surface area (Å²) in [6, 6.07) is 7.80. The monoisotopic (exact) mass is 861 g/mol. The molecule has 19 heteroatoms. The molecule has 17 nitrogen and oxygen atoms in total. The van der Waals surface area contributed by atoms with Crippen LogP contribution >= 0.6 is 22.7 Å². The third kappa shape index (κ3) is 7.75. The zero-order valence-corrected chi connectivity index (χ0v) is 35.5. The minimum Gasteiger partial charge on any atom is -0.493 e. The summed E-state index contributed by atoms with van der Waals surface area (Å²) in [6.45, 7) is 1.15. The molecule has 8 heterocycles. The summed E-state index contributed by atoms with van der Waals surface area (Å²) < 4.78 is 19.7. The normalized spacial score (nSPS) is 15.9. The highest BCUT2D eigenvalue weighted by Gasteiger charge is 2.31. The predicted molar refractivity (Wildman–Crippen MR) is 233 cm³/mol. The molecular weight excluding hydrogens is 819 g/mol. The number of rotatable bonds is 11. The maximum atomic E-state index is 12.9. The van der Waals surface area contributed by atoms with E-state index in [1.54, 1.807) is 76.7 Å². The number of amides is 1. The number of thiophene rings is 2. The Morgan fingerprint density at radius 2 is 1.30 bits per heavy atom. The molecule has 0 fully saturated rings. The molecule has 0 radical (unpaired) electrons. The average Bonchev–Trinajstić information content (AvgIpc) is 4.09. The van der Waals surface area contributed by atoms with Crippen LogP contribution in [0.3, 0.4) is 0 Å². The van der Waals surface area contributed by atoms with Gasteiger partial charge in [0, 0.05) is 48.8 Å². The van der Waals surface area contributed by atoms with Crippen LogP contribution in [0.5, 0.6) is 11.5 Å². The van der Waals surface area contributed by atoms with Crippen molar-refractivity contribution in [2.45, 2.75) is 38.5 Å². The smallest absolute Gasteiger partial charge is 0.306 e. The Labute approximate surface area is 357 Å². The number of pyridine rings is 2. The summed E-state index contributed by atoms with van der Waals surface area (Å²) in [4.78, 5) is 48.2. The van der Waals surface area contributed by atoms with Crippen LogP contribution < -0.4 is 20.1 Å². The Hall–Kier alpha value is -6.44. The first-order chi connectivity index (χ1) is 29.7. The van der Waals surface area contributed by atoms with Crippen molar-refractivity contribution in [3.8, 4) is 11.5 Å². The molecule has 8 aromatic heterocycles. The molecule has 0 saturated carbocycles. The molecular formula is C42H43N11O6S2. The van der Waals surface area contributed by atoms with E-state index in [9.17, 15) is 14.7 Å². The van der Waals surface area contributed by atoms with Gasteiger partial charge in [0.2, 0.25) is 5.91 Å². The van der Waals surface area contributed by atoms with E-state index in [-0.39, 0.29) is 17.7 Å². The van der Waals surface area contributed by atoms with Gasteiger partial charge in [-0.25, -0.2) is 29.0 Å². The van der Waals surface area contributed by atoms with Crippen molar-refractivity contribution in [2.24, 2.45) is 11.8 Å². The number of aromatic nitrogens is 8. The van der Waals surface area contributed by atoms with Crippen molar-refractivity contribution in [3.05, 3.63) is 82.6 Å². The third-order valence-corrected chi connectivity index (χ3v) is 13.7. The first-order valence-electron chi connectivity index (χ1n) is 19.8. The van der Waals surface area contributed by atoms with E-state index in [0.717, 1.165) is 78.4 Å². The van der Waals surface area contributed by atoms with Gasteiger partial charge in [-0.05, 0) is 73.9 Å². The first-order valence-corrected chi connectivity index (χ1v) is 21.4. The molecule has 8 aromatic rings. The van der Waals surface area contributed by atoms with Gasteiger partial charge in [-0.2, -0.15) is 10.2 Å². The van der Waals surface area contributed by atoms with Gasteiger partial charge in [0.15, 0.2) is 11.5 Å². The lowest BCUT2D eigenvalue weighted by molar-refractivity contribution is -0.142. The largest absolute Gasteiger partial charge is 0.493 e. The zero-order chi connectivity index (χ0) is 42.2. The van der Waals surface area contributed by atoms with Crippen LogP contribution in [0.1, 0.15) is 33.7 Å². The number of aliphatic carboxylic acids is 1. The zero-order valence-electron chi connectivity index (χ0n) is 33.9. The summed E-state index contributed by atoms with van der Waals surface area (Å²) in [5.41, 5.74) is 5.89. The van der Waals surface area contributed by atoms with E-state index in [1.807, 2.05) is 43.7 Å². The number of carbonyl (C=O) groups excluding carboxylic acids is 1. The Morgan fingerprint density at radius 1 is 0.787 bits per heavy atom. The number of likely N-dealkylation sites (N-methyl/N-ethyl adjacent to an activating group) is 1. The quantitative estimate of drug-likeness (QED) is 0.126. The number of nitrogens with zero attached hydrogens (tertiary/aromatic N) is 9. The Bertz CT molecular complexity index is 2920. The molecule has 2 atom stereocenters. The van der Waals surface area contributed by atoms with Crippen LogP contribution in [0.2, 0.25) is 0 Å². The number of methoxy groups -OCH3 is 3. The van der Waals surface area contributed by atoms with E-state index >= 15 is 0 Å². The molecule has 0 aromatic carbocycles. The second-order valence-corrected chi connectivity index (χ2v) is 17.1. The second-order valence-electron chi connectivity index (χ2n) is 14.9. The van der Waals surface area contributed by atoms with Crippen molar-refractivity contribution in [1.29, 1.82) is 0 Å². The SMILES string of the molecule is COCCN(C)C(=O)[C@H]1CCc2c(sc3ncnc(Nc4cc5ccnn5cc4OC)c23)C1.COc1cn2nccc2cc1Nc1ncnc2sc3c(c12)CC[C@H](C(=O)O)C3. The fraction of sp³-hybridized carbons (Fsp3) is 0.333. The fourth-order valence-corrected chi connectivity index (χ4v) is 10.7. The number of carbonyl (C=O) groups is 2. The molecule has 0 saturated heterocycles. The highest BCUT2D eigenvalue weighted by Crippen LogP contribution is 2.43. The molecule has 2 aliphatic rings. The number of fused-ring (bicyclic) bond motifs is 8. The van der Waals surface area contributed by atoms with Crippen LogP contribution in [-0.2, 0) is 40.0 Å². The molecule has 0 spiro atoms. The maximum Gasteiger partial charge on any atom is 0.306 e. The number of hydrogen-bond acceptors (Lipinski definition) is 15. The third-order valence-electron chi connectivity index (χ3n) is 11.3. The minimum atomic E-state index is -0.730. The van der Waals surface area contributed by atoms with Crippen molar-refractivity contribution < 1.29 is 28.9 Å². The lowest BCUT2D eigenvalue weighted by atomic mass is 9.87. The second kappa shape index (κ2) is 16.9. The highest BCUT2D eigenvalue weighted by atomic mass is 32.1. The predicted octanol–water partition coefficient (Wildman–Crippen LogP) is 6.58. The van der Waals surface area contributed by atoms with Gasteiger partial charge in [0.25, 0.3) is 0 Å². The van der Waals surface area contributed by atoms with Crippen LogP contribution in [0.4, 0.5) is 23.0 Å². The van der Waals surface area contributed by atoms with Crippen molar-refractivity contribution in [3.63, 3.8) is 0 Å². The number of aryl methyl sites for hydroxylation is 2. The van der Waals surface area contributed by atoms with Gasteiger partial charge in [0.05, 0.1) is 72.3 Å². The first kappa shape index (κ1) is 40.0. The number of anilines is 4. The Morgan fingerprint density at radius 3 is 1.79 bits per heavy atom. The lowest BCUT2D eigenvalue weighted by Crippen LogP contribution is -2.37. The lowest BCUT2D eigenvalue weighted by Gasteiger charge is -2.26.